The van der Waals surface area contributed by atoms with E-state index in [0.29, 0.717) is 5.82 Å². The first-order chi connectivity index (χ1) is 7.27. The van der Waals surface area contributed by atoms with E-state index in [4.69, 9.17) is 0 Å². The molecule has 1 atom stereocenters. The van der Waals surface area contributed by atoms with Gasteiger partial charge in [-0.2, -0.15) is 0 Å². The average Bonchev–Trinajstić information content (AvgIpc) is 2.30. The molecule has 2 rings (SSSR count). The Kier molecular flexibility index (Phi) is 2.74. The third-order valence-corrected chi connectivity index (χ3v) is 2.16. The molecule has 1 N–H and O–H groups in total. The predicted molar refractivity (Wildman–Crippen MR) is 57.3 cm³/mol. The van der Waals surface area contributed by atoms with Crippen LogP contribution in [0.1, 0.15) is 23.1 Å². The van der Waals surface area contributed by atoms with Crippen LogP contribution >= 0.6 is 0 Å². The Morgan fingerprint density at radius 3 is 2.27 bits per heavy atom. The minimum absolute atomic E-state index is 0.437. The first-order valence-corrected chi connectivity index (χ1v) is 4.79. The third kappa shape index (κ3) is 2.19. The van der Waals surface area contributed by atoms with E-state index in [0.717, 1.165) is 11.1 Å². The zero-order valence-electron chi connectivity index (χ0n) is 8.46. The molecule has 1 unspecified atom stereocenters. The molecule has 0 fully saturated rings. The van der Waals surface area contributed by atoms with Gasteiger partial charge in [0.25, 0.3) is 0 Å². The molecular weight excluding hydrogens is 188 g/mol. The molecule has 15 heavy (non-hydrogen) atoms. The van der Waals surface area contributed by atoms with Crippen LogP contribution in [0, 0.1) is 6.92 Å². The van der Waals surface area contributed by atoms with Crippen molar-refractivity contribution in [2.75, 3.05) is 0 Å². The van der Waals surface area contributed by atoms with Crippen molar-refractivity contribution in [1.29, 1.82) is 0 Å². The SMILES string of the molecule is Cc1cnc(C(O)c2ccccc2)nc1. The van der Waals surface area contributed by atoms with Gasteiger partial charge in [-0.05, 0) is 18.1 Å². The maximum atomic E-state index is 9.96. The van der Waals surface area contributed by atoms with Gasteiger partial charge >= 0.3 is 0 Å². The predicted octanol–water partition coefficient (Wildman–Crippen LogP) is 1.87. The number of aliphatic hydroxyl groups excluding tert-OH is 1. The zero-order valence-corrected chi connectivity index (χ0v) is 8.46. The van der Waals surface area contributed by atoms with E-state index in [1.54, 1.807) is 12.4 Å². The van der Waals surface area contributed by atoms with Crippen LogP contribution in [0.25, 0.3) is 0 Å². The van der Waals surface area contributed by atoms with E-state index in [9.17, 15) is 5.11 Å². The lowest BCUT2D eigenvalue weighted by Gasteiger charge is -2.08. The van der Waals surface area contributed by atoms with Crippen LogP contribution in [-0.2, 0) is 0 Å². The summed E-state index contributed by atoms with van der Waals surface area (Å²) in [5.74, 6) is 0.437. The lowest BCUT2D eigenvalue weighted by molar-refractivity contribution is 0.209. The molecular formula is C12H12N2O. The van der Waals surface area contributed by atoms with E-state index >= 15 is 0 Å². The van der Waals surface area contributed by atoms with Gasteiger partial charge in [0.15, 0.2) is 5.82 Å². The van der Waals surface area contributed by atoms with Crippen molar-refractivity contribution in [2.24, 2.45) is 0 Å². The maximum absolute atomic E-state index is 9.96. The Morgan fingerprint density at radius 2 is 1.67 bits per heavy atom. The van der Waals surface area contributed by atoms with Gasteiger partial charge in [-0.3, -0.25) is 0 Å². The summed E-state index contributed by atoms with van der Waals surface area (Å²) in [4.78, 5) is 8.19. The fourth-order valence-corrected chi connectivity index (χ4v) is 1.33. The smallest absolute Gasteiger partial charge is 0.161 e. The van der Waals surface area contributed by atoms with Gasteiger partial charge in [0.1, 0.15) is 6.10 Å². The van der Waals surface area contributed by atoms with Crippen molar-refractivity contribution in [3.05, 3.63) is 59.7 Å². The largest absolute Gasteiger partial charge is 0.380 e. The Bertz CT molecular complexity index is 425. The monoisotopic (exact) mass is 200 g/mol. The molecule has 1 aromatic carbocycles. The molecule has 1 aromatic heterocycles. The average molecular weight is 200 g/mol. The van der Waals surface area contributed by atoms with Crippen LogP contribution in [0.4, 0.5) is 0 Å². The van der Waals surface area contributed by atoms with E-state index < -0.39 is 6.10 Å². The number of hydrogen-bond donors (Lipinski definition) is 1. The number of aryl methyl sites for hydroxylation is 1. The van der Waals surface area contributed by atoms with Crippen LogP contribution < -0.4 is 0 Å². The molecule has 2 aromatic rings. The molecule has 0 saturated carbocycles. The van der Waals surface area contributed by atoms with Crippen LogP contribution in [0.15, 0.2) is 42.7 Å². The molecule has 0 saturated heterocycles. The number of benzene rings is 1. The Hall–Kier alpha value is -1.74. The van der Waals surface area contributed by atoms with Gasteiger partial charge in [0.2, 0.25) is 0 Å². The molecule has 0 spiro atoms. The van der Waals surface area contributed by atoms with Crippen molar-refractivity contribution in [2.45, 2.75) is 13.0 Å². The second kappa shape index (κ2) is 4.19. The molecule has 0 amide bonds. The fourth-order valence-electron chi connectivity index (χ4n) is 1.33. The molecule has 3 nitrogen and oxygen atoms in total. The van der Waals surface area contributed by atoms with Gasteiger partial charge in [0, 0.05) is 12.4 Å². The molecule has 0 aliphatic carbocycles. The lowest BCUT2D eigenvalue weighted by atomic mass is 10.1. The first kappa shape index (κ1) is 9.80. The lowest BCUT2D eigenvalue weighted by Crippen LogP contribution is -2.04. The zero-order chi connectivity index (χ0) is 10.7. The Morgan fingerprint density at radius 1 is 1.07 bits per heavy atom. The first-order valence-electron chi connectivity index (χ1n) is 4.79. The number of nitrogens with zero attached hydrogens (tertiary/aromatic N) is 2. The second-order valence-corrected chi connectivity index (χ2v) is 3.43. The summed E-state index contributed by atoms with van der Waals surface area (Å²) in [5.41, 5.74) is 1.79. The summed E-state index contributed by atoms with van der Waals surface area (Å²) >= 11 is 0. The van der Waals surface area contributed by atoms with Crippen molar-refractivity contribution in [1.82, 2.24) is 9.97 Å². The summed E-state index contributed by atoms with van der Waals surface area (Å²) in [6.07, 6.45) is 2.66. The molecule has 1 heterocycles. The highest BCUT2D eigenvalue weighted by Crippen LogP contribution is 2.17. The van der Waals surface area contributed by atoms with Gasteiger partial charge in [-0.25, -0.2) is 9.97 Å². The number of hydrogen-bond acceptors (Lipinski definition) is 3. The number of aliphatic hydroxyl groups is 1. The van der Waals surface area contributed by atoms with Gasteiger partial charge in [0.05, 0.1) is 0 Å². The quantitative estimate of drug-likeness (QED) is 0.804. The molecule has 0 bridgehead atoms. The van der Waals surface area contributed by atoms with Crippen LogP contribution in [0.5, 0.6) is 0 Å². The van der Waals surface area contributed by atoms with E-state index in [1.165, 1.54) is 0 Å². The topological polar surface area (TPSA) is 46.0 Å². The normalized spacial score (nSPS) is 12.4. The summed E-state index contributed by atoms with van der Waals surface area (Å²) in [6.45, 7) is 1.92. The molecule has 0 aliphatic heterocycles. The van der Waals surface area contributed by atoms with Crippen LogP contribution in [0.2, 0.25) is 0 Å². The highest BCUT2D eigenvalue weighted by molar-refractivity contribution is 5.22. The molecule has 0 aliphatic rings. The summed E-state index contributed by atoms with van der Waals surface area (Å²) in [7, 11) is 0. The van der Waals surface area contributed by atoms with E-state index in [-0.39, 0.29) is 0 Å². The second-order valence-electron chi connectivity index (χ2n) is 3.43. The van der Waals surface area contributed by atoms with Crippen molar-refractivity contribution >= 4 is 0 Å². The molecule has 0 radical (unpaired) electrons. The Labute approximate surface area is 88.5 Å². The van der Waals surface area contributed by atoms with Gasteiger partial charge in [-0.1, -0.05) is 30.3 Å². The minimum Gasteiger partial charge on any atom is -0.380 e. The maximum Gasteiger partial charge on any atom is 0.161 e. The van der Waals surface area contributed by atoms with Gasteiger partial charge < -0.3 is 5.11 Å². The number of rotatable bonds is 2. The highest BCUT2D eigenvalue weighted by atomic mass is 16.3. The van der Waals surface area contributed by atoms with E-state index in [2.05, 4.69) is 9.97 Å². The summed E-state index contributed by atoms with van der Waals surface area (Å²) < 4.78 is 0. The summed E-state index contributed by atoms with van der Waals surface area (Å²) in [6, 6.07) is 9.38. The third-order valence-electron chi connectivity index (χ3n) is 2.16. The minimum atomic E-state index is -0.744. The standard InChI is InChI=1S/C12H12N2O/c1-9-7-13-12(14-8-9)11(15)10-5-3-2-4-6-10/h2-8,11,15H,1H3. The van der Waals surface area contributed by atoms with Crippen LogP contribution in [0.3, 0.4) is 0 Å². The van der Waals surface area contributed by atoms with E-state index in [1.807, 2.05) is 37.3 Å². The Balaban J connectivity index is 2.29. The van der Waals surface area contributed by atoms with Gasteiger partial charge in [-0.15, -0.1) is 0 Å². The number of aromatic nitrogens is 2. The van der Waals surface area contributed by atoms with Crippen LogP contribution in [-0.4, -0.2) is 15.1 Å². The molecule has 76 valence electrons. The summed E-state index contributed by atoms with van der Waals surface area (Å²) in [5, 5.41) is 9.96. The fraction of sp³-hybridized carbons (Fsp3) is 0.167. The highest BCUT2D eigenvalue weighted by Gasteiger charge is 2.11. The van der Waals surface area contributed by atoms with Crippen molar-refractivity contribution in [3.63, 3.8) is 0 Å². The van der Waals surface area contributed by atoms with Crippen molar-refractivity contribution in [3.8, 4) is 0 Å². The molecule has 3 heteroatoms. The van der Waals surface area contributed by atoms with Crippen molar-refractivity contribution < 1.29 is 5.11 Å².